The van der Waals surface area contributed by atoms with E-state index in [1.807, 2.05) is 24.4 Å². The molecule has 4 fully saturated rings. The van der Waals surface area contributed by atoms with Gasteiger partial charge >= 0.3 is 0 Å². The smallest absolute Gasteiger partial charge is 0.161 e. The fraction of sp³-hybridized carbons (Fsp3) is 0.577. The van der Waals surface area contributed by atoms with E-state index in [1.165, 1.54) is 47.9 Å². The van der Waals surface area contributed by atoms with Gasteiger partial charge in [0.25, 0.3) is 0 Å². The summed E-state index contributed by atoms with van der Waals surface area (Å²) >= 11 is 0. The third kappa shape index (κ3) is 11.0. The van der Waals surface area contributed by atoms with Crippen LogP contribution >= 0.6 is 21.6 Å². The average Bonchev–Trinajstić information content (AvgIpc) is 1.26. The second-order valence-corrected chi connectivity index (χ2v) is 29.7. The molecule has 3 aromatic carbocycles. The van der Waals surface area contributed by atoms with Crippen LogP contribution in [0.15, 0.2) is 120 Å². The number of aliphatic hydroxyl groups excluding tert-OH is 6. The maximum atomic E-state index is 12.9. The normalized spacial score (nSPS) is 37.4. The van der Waals surface area contributed by atoms with E-state index in [1.54, 1.807) is 21.6 Å². The molecule has 0 amide bonds. The van der Waals surface area contributed by atoms with Gasteiger partial charge in [0.2, 0.25) is 0 Å². The van der Waals surface area contributed by atoms with Crippen molar-refractivity contribution < 1.29 is 40.5 Å². The number of H-pyrrole nitrogens is 1. The van der Waals surface area contributed by atoms with Crippen LogP contribution in [0.1, 0.15) is 136 Å². The van der Waals surface area contributed by atoms with Crippen LogP contribution in [0.5, 0.6) is 11.5 Å². The van der Waals surface area contributed by atoms with E-state index >= 15 is 0 Å². The number of aliphatic hydroxyl groups is 6. The summed E-state index contributed by atoms with van der Waals surface area (Å²) in [7, 11) is 3.26. The largest absolute Gasteiger partial charge is 0.504 e. The Morgan fingerprint density at radius 2 is 1.61 bits per heavy atom. The number of aromatic nitrogens is 1. The molecule has 18 atom stereocenters. The molecule has 448 valence electrons. The molecule has 11 N–H and O–H groups in total. The van der Waals surface area contributed by atoms with Gasteiger partial charge in [-0.15, -0.1) is 0 Å². The van der Waals surface area contributed by atoms with Crippen molar-refractivity contribution in [2.45, 2.75) is 165 Å². The lowest BCUT2D eigenvalue weighted by Gasteiger charge is -2.62. The van der Waals surface area contributed by atoms with Crippen LogP contribution in [-0.4, -0.2) is 102 Å². The highest BCUT2D eigenvalue weighted by Crippen LogP contribution is 2.67. The van der Waals surface area contributed by atoms with Gasteiger partial charge in [0.05, 0.1) is 30.5 Å². The van der Waals surface area contributed by atoms with Gasteiger partial charge in [0.1, 0.15) is 11.9 Å². The zero-order chi connectivity index (χ0) is 57.9. The number of phenolic OH excluding ortho intramolecular Hbond substituents is 1. The van der Waals surface area contributed by atoms with E-state index in [9.17, 15) is 35.7 Å². The second-order valence-electron chi connectivity index (χ2n) is 27.2. The molecule has 11 nitrogen and oxygen atoms in total. The third-order valence-electron chi connectivity index (χ3n) is 22.8. The van der Waals surface area contributed by atoms with Crippen LogP contribution in [0.2, 0.25) is 0 Å². The molecule has 1 saturated heterocycles. The van der Waals surface area contributed by atoms with Gasteiger partial charge in [-0.2, -0.15) is 0 Å². The molecule has 3 saturated carbocycles. The predicted molar refractivity (Wildman–Crippen MR) is 334 cm³/mol. The van der Waals surface area contributed by atoms with Gasteiger partial charge in [0, 0.05) is 77.1 Å². The van der Waals surface area contributed by atoms with Crippen LogP contribution in [0.4, 0.5) is 0 Å². The van der Waals surface area contributed by atoms with Crippen LogP contribution in [-0.2, 0) is 25.7 Å². The molecule has 0 radical (unpaired) electrons. The highest BCUT2D eigenvalue weighted by molar-refractivity contribution is 8.76. The quantitative estimate of drug-likeness (QED) is 0.0477. The first-order chi connectivity index (χ1) is 40.8. The van der Waals surface area contributed by atoms with Gasteiger partial charge in [-0.05, 0) is 195 Å². The first-order valence-corrected chi connectivity index (χ1v) is 34.5. The van der Waals surface area contributed by atoms with Crippen molar-refractivity contribution in [1.82, 2.24) is 10.3 Å². The summed E-state index contributed by atoms with van der Waals surface area (Å²) in [6, 6.07) is 28.1. The topological polar surface area (TPSA) is 205 Å². The SMILES string of the molecule is CC[C@H]1Cc2cc(O)c(O[C@@H]3C[C@H](Cc4ccc[nH]4)C4=CCNC(N)=C4CSSC[C@H](CO)[C@H]3O)cc2[C@@H]2C[C@@H](O)[C@@H]3[C@@H](C#C[C@@]4(C[C@H](O)CC[C@@H]3O)C[C@@H](c3ccccc3)[C@@H]3Cc5ccccc5CC5(CCCC5)[C@H]5CC[C@H](O)[C@@H]4[C@@H]35)C=C12. The van der Waals surface area contributed by atoms with E-state index in [-0.39, 0.29) is 64.9 Å². The van der Waals surface area contributed by atoms with Crippen LogP contribution in [0.25, 0.3) is 0 Å². The van der Waals surface area contributed by atoms with Crippen molar-refractivity contribution in [3.63, 3.8) is 0 Å². The van der Waals surface area contributed by atoms with Crippen molar-refractivity contribution in [2.75, 3.05) is 24.7 Å². The summed E-state index contributed by atoms with van der Waals surface area (Å²) in [5.74, 6) is 8.88. The minimum absolute atomic E-state index is 0.0219. The van der Waals surface area contributed by atoms with Crippen LogP contribution < -0.4 is 15.8 Å². The number of dihydropyridines is 1. The first-order valence-electron chi connectivity index (χ1n) is 32.0. The first kappa shape index (κ1) is 58.4. The minimum Gasteiger partial charge on any atom is -0.504 e. The molecule has 84 heavy (non-hydrogen) atoms. The van der Waals surface area contributed by atoms with E-state index < -0.39 is 59.8 Å². The van der Waals surface area contributed by atoms with Gasteiger partial charge < -0.3 is 56.5 Å². The summed E-state index contributed by atoms with van der Waals surface area (Å²) in [6.07, 6.45) is 14.5. The Bertz CT molecular complexity index is 3150. The predicted octanol–water partition coefficient (Wildman–Crippen LogP) is 10.4. The van der Waals surface area contributed by atoms with Crippen LogP contribution in [0.3, 0.4) is 0 Å². The number of aromatic amines is 1. The minimum atomic E-state index is -1.08. The fourth-order valence-electron chi connectivity index (χ4n) is 18.9. The Labute approximate surface area is 505 Å². The molecule has 2 spiro atoms. The molecule has 1 aromatic heterocycles. The molecule has 3 heterocycles. The maximum absolute atomic E-state index is 12.9. The van der Waals surface area contributed by atoms with Crippen molar-refractivity contribution >= 4 is 21.6 Å². The van der Waals surface area contributed by atoms with E-state index in [0.29, 0.717) is 81.2 Å². The van der Waals surface area contributed by atoms with E-state index in [0.717, 1.165) is 60.1 Å². The van der Waals surface area contributed by atoms with Crippen molar-refractivity contribution in [3.8, 4) is 23.3 Å². The molecule has 7 aliphatic carbocycles. The second kappa shape index (κ2) is 24.5. The van der Waals surface area contributed by atoms with Gasteiger partial charge in [-0.25, -0.2) is 0 Å². The van der Waals surface area contributed by atoms with E-state index in [4.69, 9.17) is 10.5 Å². The zero-order valence-corrected chi connectivity index (χ0v) is 50.5. The summed E-state index contributed by atoms with van der Waals surface area (Å²) in [6.45, 7) is 2.54. The summed E-state index contributed by atoms with van der Waals surface area (Å²) < 4.78 is 7.03. The average molecular weight is 1180 g/mol. The Balaban J connectivity index is 0.901. The van der Waals surface area contributed by atoms with Crippen molar-refractivity contribution in [2.24, 2.45) is 69.8 Å². The molecule has 0 bridgehead atoms. The molecular weight excluding hydrogens is 1090 g/mol. The number of nitrogens with two attached hydrogens (primary N) is 1. The molecular formula is C71H89N3O8S2. The number of ether oxygens (including phenoxy) is 1. The Morgan fingerprint density at radius 1 is 0.810 bits per heavy atom. The number of phenols is 1. The summed E-state index contributed by atoms with van der Waals surface area (Å²) in [5.41, 5.74) is 16.6. The third-order valence-corrected chi connectivity index (χ3v) is 25.2. The van der Waals surface area contributed by atoms with Gasteiger partial charge in [-0.3, -0.25) is 0 Å². The number of rotatable bonds is 7. The van der Waals surface area contributed by atoms with E-state index in [2.05, 4.69) is 102 Å². The highest BCUT2D eigenvalue weighted by Gasteiger charge is 2.63. The van der Waals surface area contributed by atoms with Gasteiger partial charge in [-0.1, -0.05) is 126 Å². The van der Waals surface area contributed by atoms with Crippen molar-refractivity contribution in [1.29, 1.82) is 0 Å². The number of fused-ring (bicyclic) bond motifs is 8. The van der Waals surface area contributed by atoms with Crippen molar-refractivity contribution in [3.05, 3.63) is 153 Å². The summed E-state index contributed by atoms with van der Waals surface area (Å²) in [4.78, 5) is 3.39. The molecule has 0 unspecified atom stereocenters. The lowest BCUT2D eigenvalue weighted by Crippen LogP contribution is -2.60. The molecule has 13 rings (SSSR count). The highest BCUT2D eigenvalue weighted by atomic mass is 33.1. The maximum Gasteiger partial charge on any atom is 0.161 e. The van der Waals surface area contributed by atoms with Crippen LogP contribution in [0, 0.1) is 75.9 Å². The fourth-order valence-corrected chi connectivity index (χ4v) is 21.4. The lowest BCUT2D eigenvalue weighted by atomic mass is 9.42. The number of hydrogen-bond acceptors (Lipinski definition) is 12. The molecule has 13 heteroatoms. The Morgan fingerprint density at radius 3 is 2.39 bits per heavy atom. The molecule has 2 aliphatic heterocycles. The number of nitrogens with one attached hydrogen (secondary N) is 2. The number of hydrogen-bond donors (Lipinski definition) is 10. The number of benzene rings is 3. The monoisotopic (exact) mass is 1180 g/mol. The molecule has 9 aliphatic rings. The number of allylic oxidation sites excluding steroid dienone is 3. The lowest BCUT2D eigenvalue weighted by molar-refractivity contribution is -0.147. The zero-order valence-electron chi connectivity index (χ0n) is 48.8. The summed E-state index contributed by atoms with van der Waals surface area (Å²) in [5, 5.41) is 89.5. The molecule has 4 aromatic rings. The van der Waals surface area contributed by atoms with Gasteiger partial charge in [0.15, 0.2) is 11.5 Å². The Hall–Kier alpha value is -4.62. The number of aromatic hydroxyl groups is 1. The standard InChI is InChI=1S/C71H89N3O8S2/c1-2-41-27-46-31-61(79)63(82-64-32-47(28-49-15-10-25-73-49)51-21-26-74-69(72)57(51)40-84-83-39-48(38-75)68(64)81)34-53(46)54-33-62(80)65-44(30-52(41)54)20-24-71(36-50(76)16-18-59(65)77)37-56(42-11-4-3-5-12-42)55-29-43-13-6-7-14-45(43)35-70(22-8-9-23-70)58-17-19-60(78)67(71)66(55)58/h3-7,10-15,21,25,30-31,34,41,44,47-48,50,54-56,58-60,62,64-68,73-81H,2,8-9,16-19,22-23,26-29,32-33,35-40,72H2,1H3/t41-,44-,47-,48-,50+,54+,55-,56-,58-,59-,60-,62+,64+,65+,66-,67+,68+,71+/m0/s1. The Kier molecular flexibility index (Phi) is 17.0.